The molecule has 4 heteroatoms. The number of aryl methyl sites for hydroxylation is 3. The maximum atomic E-state index is 4.56. The van der Waals surface area contributed by atoms with Gasteiger partial charge >= 0.3 is 0 Å². The van der Waals surface area contributed by atoms with E-state index < -0.39 is 0 Å². The average Bonchev–Trinajstić information content (AvgIpc) is 2.38. The first-order chi connectivity index (χ1) is 9.58. The molecule has 1 N–H and O–H groups in total. The monoisotopic (exact) mass is 287 g/mol. The fourth-order valence-electron chi connectivity index (χ4n) is 2.12. The summed E-state index contributed by atoms with van der Waals surface area (Å²) in [7, 11) is 0. The first-order valence-electron chi connectivity index (χ1n) is 6.86. The van der Waals surface area contributed by atoms with Gasteiger partial charge in [-0.15, -0.1) is 11.8 Å². The summed E-state index contributed by atoms with van der Waals surface area (Å²) >= 11 is 1.77. The Hall–Kier alpha value is -1.55. The summed E-state index contributed by atoms with van der Waals surface area (Å²) in [5, 5.41) is 4.21. The Morgan fingerprint density at radius 2 is 1.80 bits per heavy atom. The number of thioether (sulfide) groups is 1. The minimum Gasteiger partial charge on any atom is -0.354 e. The second kappa shape index (κ2) is 6.75. The zero-order valence-electron chi connectivity index (χ0n) is 12.5. The van der Waals surface area contributed by atoms with Crippen LogP contribution in [0, 0.1) is 20.8 Å². The number of benzene rings is 1. The largest absolute Gasteiger partial charge is 0.354 e. The molecule has 0 saturated carbocycles. The predicted octanol–water partition coefficient (Wildman–Crippen LogP) is 4.13. The van der Waals surface area contributed by atoms with Crippen LogP contribution in [0.2, 0.25) is 0 Å². The van der Waals surface area contributed by atoms with Crippen molar-refractivity contribution in [2.24, 2.45) is 0 Å². The molecule has 3 nitrogen and oxygen atoms in total. The van der Waals surface area contributed by atoms with Crippen molar-refractivity contribution in [3.05, 3.63) is 46.6 Å². The molecular weight excluding hydrogens is 266 g/mol. The smallest absolute Gasteiger partial charge is 0.223 e. The highest BCUT2D eigenvalue weighted by Crippen LogP contribution is 2.25. The summed E-state index contributed by atoms with van der Waals surface area (Å²) in [6.07, 6.45) is 1.88. The van der Waals surface area contributed by atoms with Crippen molar-refractivity contribution < 1.29 is 0 Å². The molecule has 1 aromatic heterocycles. The zero-order valence-corrected chi connectivity index (χ0v) is 13.3. The third kappa shape index (κ3) is 3.97. The predicted molar refractivity (Wildman–Crippen MR) is 86.4 cm³/mol. The van der Waals surface area contributed by atoms with Crippen molar-refractivity contribution >= 4 is 17.7 Å². The number of rotatable bonds is 5. The highest BCUT2D eigenvalue weighted by Gasteiger charge is 2.05. The highest BCUT2D eigenvalue weighted by atomic mass is 32.2. The Bertz CT molecular complexity index is 576. The van der Waals surface area contributed by atoms with Crippen LogP contribution in [0.25, 0.3) is 0 Å². The Balaban J connectivity index is 2.11. The minimum atomic E-state index is 0.709. The number of anilines is 1. The van der Waals surface area contributed by atoms with Crippen LogP contribution in [-0.2, 0) is 5.75 Å². The first-order valence-corrected chi connectivity index (χ1v) is 7.84. The van der Waals surface area contributed by atoms with E-state index in [0.717, 1.165) is 22.9 Å². The van der Waals surface area contributed by atoms with Gasteiger partial charge in [-0.1, -0.05) is 29.3 Å². The minimum absolute atomic E-state index is 0.709. The Labute approximate surface area is 125 Å². The third-order valence-corrected chi connectivity index (χ3v) is 4.08. The number of nitrogens with one attached hydrogen (secondary N) is 1. The van der Waals surface area contributed by atoms with Crippen LogP contribution in [0.15, 0.2) is 29.4 Å². The van der Waals surface area contributed by atoms with Gasteiger partial charge in [0.15, 0.2) is 0 Å². The molecule has 106 valence electrons. The molecule has 0 unspecified atom stereocenters. The van der Waals surface area contributed by atoms with Gasteiger partial charge in [0.25, 0.3) is 0 Å². The van der Waals surface area contributed by atoms with Crippen LogP contribution in [0.4, 0.5) is 5.95 Å². The van der Waals surface area contributed by atoms with E-state index in [1.54, 1.807) is 11.8 Å². The molecule has 0 aliphatic carbocycles. The highest BCUT2D eigenvalue weighted by molar-refractivity contribution is 7.98. The Morgan fingerprint density at radius 1 is 1.10 bits per heavy atom. The van der Waals surface area contributed by atoms with Crippen molar-refractivity contribution in [2.45, 2.75) is 38.5 Å². The molecule has 2 rings (SSSR count). The molecule has 0 aliphatic heterocycles. The molecule has 20 heavy (non-hydrogen) atoms. The molecule has 0 radical (unpaired) electrons. The second-order valence-corrected chi connectivity index (χ2v) is 5.96. The van der Waals surface area contributed by atoms with E-state index in [2.05, 4.69) is 54.3 Å². The molecule has 1 aromatic carbocycles. The normalized spacial score (nSPS) is 10.6. The van der Waals surface area contributed by atoms with Gasteiger partial charge < -0.3 is 5.32 Å². The fourth-order valence-corrected chi connectivity index (χ4v) is 3.02. The van der Waals surface area contributed by atoms with E-state index in [0.29, 0.717) is 5.95 Å². The fraction of sp³-hybridized carbons (Fsp3) is 0.375. The van der Waals surface area contributed by atoms with Crippen LogP contribution in [0.5, 0.6) is 0 Å². The number of hydrogen-bond acceptors (Lipinski definition) is 4. The molecule has 0 bridgehead atoms. The van der Waals surface area contributed by atoms with E-state index >= 15 is 0 Å². The molecule has 1 heterocycles. The topological polar surface area (TPSA) is 37.8 Å². The Morgan fingerprint density at radius 3 is 2.45 bits per heavy atom. The standard InChI is InChI=1S/C16H21N3S/c1-5-17-16-18-9-13(4)15(19-16)20-10-14-7-11(2)6-12(3)8-14/h6-9H,5,10H2,1-4H3,(H,17,18,19). The van der Waals surface area contributed by atoms with Gasteiger partial charge in [0.05, 0.1) is 0 Å². The number of aromatic nitrogens is 2. The lowest BCUT2D eigenvalue weighted by Crippen LogP contribution is -2.03. The second-order valence-electron chi connectivity index (χ2n) is 5.00. The number of nitrogens with zero attached hydrogens (tertiary/aromatic N) is 2. The summed E-state index contributed by atoms with van der Waals surface area (Å²) in [5.41, 5.74) is 5.10. The van der Waals surface area contributed by atoms with E-state index in [-0.39, 0.29) is 0 Å². The van der Waals surface area contributed by atoms with E-state index in [4.69, 9.17) is 0 Å². The molecular formula is C16H21N3S. The maximum Gasteiger partial charge on any atom is 0.223 e. The lowest BCUT2D eigenvalue weighted by atomic mass is 10.1. The van der Waals surface area contributed by atoms with Crippen molar-refractivity contribution in [2.75, 3.05) is 11.9 Å². The molecule has 2 aromatic rings. The molecule has 0 spiro atoms. The van der Waals surface area contributed by atoms with Crippen molar-refractivity contribution in [1.29, 1.82) is 0 Å². The van der Waals surface area contributed by atoms with Crippen LogP contribution in [-0.4, -0.2) is 16.5 Å². The van der Waals surface area contributed by atoms with E-state index in [1.807, 2.05) is 13.1 Å². The zero-order chi connectivity index (χ0) is 14.5. The van der Waals surface area contributed by atoms with Crippen molar-refractivity contribution in [3.63, 3.8) is 0 Å². The summed E-state index contributed by atoms with van der Waals surface area (Å²) in [4.78, 5) is 8.84. The lowest BCUT2D eigenvalue weighted by molar-refractivity contribution is 0.983. The van der Waals surface area contributed by atoms with Crippen LogP contribution >= 0.6 is 11.8 Å². The molecule has 0 atom stereocenters. The van der Waals surface area contributed by atoms with Crippen molar-refractivity contribution in [1.82, 2.24) is 9.97 Å². The summed E-state index contributed by atoms with van der Waals surface area (Å²) < 4.78 is 0. The average molecular weight is 287 g/mol. The van der Waals surface area contributed by atoms with E-state index in [1.165, 1.54) is 16.7 Å². The van der Waals surface area contributed by atoms with Crippen LogP contribution < -0.4 is 5.32 Å². The van der Waals surface area contributed by atoms with Crippen LogP contribution in [0.1, 0.15) is 29.2 Å². The van der Waals surface area contributed by atoms with Gasteiger partial charge in [0.1, 0.15) is 5.03 Å². The lowest BCUT2D eigenvalue weighted by Gasteiger charge is -2.08. The maximum absolute atomic E-state index is 4.56. The van der Waals surface area contributed by atoms with Crippen LogP contribution in [0.3, 0.4) is 0 Å². The van der Waals surface area contributed by atoms with Gasteiger partial charge in [-0.05, 0) is 38.8 Å². The SMILES string of the molecule is CCNc1ncc(C)c(SCc2cc(C)cc(C)c2)n1. The quantitative estimate of drug-likeness (QED) is 0.663. The summed E-state index contributed by atoms with van der Waals surface area (Å²) in [6, 6.07) is 6.68. The first kappa shape index (κ1) is 14.9. The Kier molecular flexibility index (Phi) is 5.01. The molecule has 0 aliphatic rings. The molecule has 0 amide bonds. The summed E-state index contributed by atoms with van der Waals surface area (Å²) in [6.45, 7) is 9.22. The van der Waals surface area contributed by atoms with Gasteiger partial charge in [0.2, 0.25) is 5.95 Å². The van der Waals surface area contributed by atoms with Gasteiger partial charge in [-0.2, -0.15) is 0 Å². The van der Waals surface area contributed by atoms with E-state index in [9.17, 15) is 0 Å². The molecule has 0 fully saturated rings. The van der Waals surface area contributed by atoms with Gasteiger partial charge in [-0.3, -0.25) is 0 Å². The third-order valence-electron chi connectivity index (χ3n) is 2.92. The molecule has 0 saturated heterocycles. The van der Waals surface area contributed by atoms with Gasteiger partial charge in [0, 0.05) is 18.5 Å². The van der Waals surface area contributed by atoms with Crippen molar-refractivity contribution in [3.8, 4) is 0 Å². The summed E-state index contributed by atoms with van der Waals surface area (Å²) in [5.74, 6) is 1.65. The number of hydrogen-bond donors (Lipinski definition) is 1. The van der Waals surface area contributed by atoms with Gasteiger partial charge in [-0.25, -0.2) is 9.97 Å².